The minimum atomic E-state index is -0.342. The van der Waals surface area contributed by atoms with E-state index in [1.54, 1.807) is 19.2 Å². The van der Waals surface area contributed by atoms with Crippen LogP contribution in [-0.4, -0.2) is 18.1 Å². The second kappa shape index (κ2) is 7.27. The van der Waals surface area contributed by atoms with Gasteiger partial charge in [-0.3, -0.25) is 0 Å². The number of carbonyl (C=O) groups is 1. The quantitative estimate of drug-likeness (QED) is 0.643. The van der Waals surface area contributed by atoms with Crippen LogP contribution in [0.5, 0.6) is 5.75 Å². The molecule has 0 radical (unpaired) electrons. The molecule has 0 spiro atoms. The second-order valence-corrected chi connectivity index (χ2v) is 6.18. The van der Waals surface area contributed by atoms with Crippen molar-refractivity contribution < 1.29 is 14.3 Å². The summed E-state index contributed by atoms with van der Waals surface area (Å²) in [5.74, 6) is 0.445. The maximum atomic E-state index is 12.0. The molecule has 0 amide bonds. The standard InChI is InChI=1S/C19H17NO3S/c1-13-6-8-14(9-7-13)19(21)23-11-16-12-24-18(20-16)15-4-3-5-17(10-15)22-2/h3-10,12H,11H2,1-2H3. The largest absolute Gasteiger partial charge is 0.497 e. The highest BCUT2D eigenvalue weighted by molar-refractivity contribution is 7.13. The molecule has 2 aromatic carbocycles. The molecule has 0 N–H and O–H groups in total. The van der Waals surface area contributed by atoms with E-state index in [4.69, 9.17) is 9.47 Å². The summed E-state index contributed by atoms with van der Waals surface area (Å²) in [7, 11) is 1.64. The molecule has 0 bridgehead atoms. The molecule has 0 aliphatic heterocycles. The number of rotatable bonds is 5. The van der Waals surface area contributed by atoms with Crippen molar-refractivity contribution in [3.63, 3.8) is 0 Å². The number of methoxy groups -OCH3 is 1. The van der Waals surface area contributed by atoms with Gasteiger partial charge in [-0.2, -0.15) is 0 Å². The first kappa shape index (κ1) is 16.2. The normalized spacial score (nSPS) is 10.4. The van der Waals surface area contributed by atoms with E-state index in [1.165, 1.54) is 11.3 Å². The van der Waals surface area contributed by atoms with Crippen molar-refractivity contribution in [2.24, 2.45) is 0 Å². The topological polar surface area (TPSA) is 48.4 Å². The summed E-state index contributed by atoms with van der Waals surface area (Å²) in [5, 5.41) is 2.77. The van der Waals surface area contributed by atoms with E-state index in [9.17, 15) is 4.79 Å². The minimum Gasteiger partial charge on any atom is -0.497 e. The summed E-state index contributed by atoms with van der Waals surface area (Å²) < 4.78 is 10.6. The highest BCUT2D eigenvalue weighted by atomic mass is 32.1. The molecule has 0 aliphatic rings. The molecule has 0 saturated heterocycles. The molecule has 4 nitrogen and oxygen atoms in total. The van der Waals surface area contributed by atoms with Gasteiger partial charge in [0, 0.05) is 10.9 Å². The highest BCUT2D eigenvalue weighted by Gasteiger charge is 2.10. The molecule has 0 fully saturated rings. The smallest absolute Gasteiger partial charge is 0.338 e. The van der Waals surface area contributed by atoms with Gasteiger partial charge in [0.25, 0.3) is 0 Å². The molecular formula is C19H17NO3S. The van der Waals surface area contributed by atoms with Gasteiger partial charge in [-0.1, -0.05) is 29.8 Å². The molecule has 3 aromatic rings. The fraction of sp³-hybridized carbons (Fsp3) is 0.158. The zero-order valence-corrected chi connectivity index (χ0v) is 14.3. The van der Waals surface area contributed by atoms with Crippen LogP contribution in [0.25, 0.3) is 10.6 Å². The number of aryl methyl sites for hydroxylation is 1. The van der Waals surface area contributed by atoms with Crippen LogP contribution in [0.2, 0.25) is 0 Å². The molecule has 1 aromatic heterocycles. The SMILES string of the molecule is COc1cccc(-c2nc(COC(=O)c3ccc(C)cc3)cs2)c1. The number of aromatic nitrogens is 1. The Bertz CT molecular complexity index is 840. The first-order chi connectivity index (χ1) is 11.7. The van der Waals surface area contributed by atoms with Gasteiger partial charge in [-0.05, 0) is 31.2 Å². The Morgan fingerprint density at radius 2 is 1.96 bits per heavy atom. The van der Waals surface area contributed by atoms with Crippen molar-refractivity contribution >= 4 is 17.3 Å². The van der Waals surface area contributed by atoms with Crippen LogP contribution in [0, 0.1) is 6.92 Å². The average Bonchev–Trinajstić information content (AvgIpc) is 3.09. The van der Waals surface area contributed by atoms with Gasteiger partial charge >= 0.3 is 5.97 Å². The Balaban J connectivity index is 1.65. The van der Waals surface area contributed by atoms with Gasteiger partial charge in [0.15, 0.2) is 0 Å². The Morgan fingerprint density at radius 1 is 1.17 bits per heavy atom. The van der Waals surface area contributed by atoms with E-state index in [0.29, 0.717) is 5.56 Å². The lowest BCUT2D eigenvalue weighted by atomic mass is 10.1. The maximum absolute atomic E-state index is 12.0. The number of nitrogens with zero attached hydrogens (tertiary/aromatic N) is 1. The van der Waals surface area contributed by atoms with Crippen LogP contribution in [0.3, 0.4) is 0 Å². The van der Waals surface area contributed by atoms with Gasteiger partial charge in [0.1, 0.15) is 17.4 Å². The predicted octanol–water partition coefficient (Wildman–Crippen LogP) is 4.48. The summed E-state index contributed by atoms with van der Waals surface area (Å²) >= 11 is 1.51. The summed E-state index contributed by atoms with van der Waals surface area (Å²) in [6, 6.07) is 15.0. The van der Waals surface area contributed by atoms with E-state index in [-0.39, 0.29) is 12.6 Å². The van der Waals surface area contributed by atoms with Crippen molar-refractivity contribution in [1.82, 2.24) is 4.98 Å². The zero-order valence-electron chi connectivity index (χ0n) is 13.5. The van der Waals surface area contributed by atoms with Crippen LogP contribution >= 0.6 is 11.3 Å². The third kappa shape index (κ3) is 3.81. The van der Waals surface area contributed by atoms with Crippen molar-refractivity contribution in [3.05, 3.63) is 70.7 Å². The van der Waals surface area contributed by atoms with Gasteiger partial charge in [-0.15, -0.1) is 11.3 Å². The van der Waals surface area contributed by atoms with E-state index in [0.717, 1.165) is 27.6 Å². The Morgan fingerprint density at radius 3 is 2.71 bits per heavy atom. The number of carbonyl (C=O) groups excluding carboxylic acids is 1. The third-order valence-electron chi connectivity index (χ3n) is 3.51. The van der Waals surface area contributed by atoms with Crippen molar-refractivity contribution in [2.75, 3.05) is 7.11 Å². The Labute approximate surface area is 144 Å². The average molecular weight is 339 g/mol. The van der Waals surface area contributed by atoms with Gasteiger partial charge in [0.05, 0.1) is 18.4 Å². The Hall–Kier alpha value is -2.66. The van der Waals surface area contributed by atoms with E-state index in [1.807, 2.05) is 48.7 Å². The molecule has 24 heavy (non-hydrogen) atoms. The lowest BCUT2D eigenvalue weighted by Crippen LogP contribution is -2.05. The van der Waals surface area contributed by atoms with E-state index in [2.05, 4.69) is 4.98 Å². The summed E-state index contributed by atoms with van der Waals surface area (Å²) in [4.78, 5) is 16.5. The van der Waals surface area contributed by atoms with Gasteiger partial charge in [0.2, 0.25) is 0 Å². The lowest BCUT2D eigenvalue weighted by Gasteiger charge is -2.03. The number of esters is 1. The van der Waals surface area contributed by atoms with Crippen LogP contribution < -0.4 is 4.74 Å². The zero-order chi connectivity index (χ0) is 16.9. The minimum absolute atomic E-state index is 0.160. The lowest BCUT2D eigenvalue weighted by molar-refractivity contribution is 0.0468. The third-order valence-corrected chi connectivity index (χ3v) is 4.45. The molecule has 0 atom stereocenters. The van der Waals surface area contributed by atoms with Crippen LogP contribution in [0.15, 0.2) is 53.9 Å². The van der Waals surface area contributed by atoms with Gasteiger partial charge in [-0.25, -0.2) is 9.78 Å². The van der Waals surface area contributed by atoms with Crippen molar-refractivity contribution in [1.29, 1.82) is 0 Å². The molecule has 0 saturated carbocycles. The fourth-order valence-corrected chi connectivity index (χ4v) is 2.98. The second-order valence-electron chi connectivity index (χ2n) is 5.32. The van der Waals surface area contributed by atoms with Gasteiger partial charge < -0.3 is 9.47 Å². The van der Waals surface area contributed by atoms with Crippen molar-refractivity contribution in [3.8, 4) is 16.3 Å². The first-order valence-corrected chi connectivity index (χ1v) is 8.36. The molecule has 122 valence electrons. The molecule has 1 heterocycles. The molecule has 0 aliphatic carbocycles. The summed E-state index contributed by atoms with van der Waals surface area (Å²) in [5.41, 5.74) is 3.37. The first-order valence-electron chi connectivity index (χ1n) is 7.48. The molecule has 5 heteroatoms. The summed E-state index contributed by atoms with van der Waals surface area (Å²) in [6.07, 6.45) is 0. The van der Waals surface area contributed by atoms with E-state index < -0.39 is 0 Å². The Kier molecular flexibility index (Phi) is 4.91. The predicted molar refractivity (Wildman–Crippen MR) is 94.4 cm³/mol. The van der Waals surface area contributed by atoms with Crippen LogP contribution in [0.1, 0.15) is 21.6 Å². The highest BCUT2D eigenvalue weighted by Crippen LogP contribution is 2.27. The number of ether oxygens (including phenoxy) is 2. The monoisotopic (exact) mass is 339 g/mol. The van der Waals surface area contributed by atoms with Crippen LogP contribution in [-0.2, 0) is 11.3 Å². The molecule has 3 rings (SSSR count). The van der Waals surface area contributed by atoms with Crippen molar-refractivity contribution in [2.45, 2.75) is 13.5 Å². The fourth-order valence-electron chi connectivity index (χ4n) is 2.17. The number of benzene rings is 2. The van der Waals surface area contributed by atoms with Crippen LogP contribution in [0.4, 0.5) is 0 Å². The van der Waals surface area contributed by atoms with E-state index >= 15 is 0 Å². The number of hydrogen-bond acceptors (Lipinski definition) is 5. The summed E-state index contributed by atoms with van der Waals surface area (Å²) in [6.45, 7) is 2.14. The number of hydrogen-bond donors (Lipinski definition) is 0. The molecular weight excluding hydrogens is 322 g/mol. The number of thiazole rings is 1. The molecule has 0 unspecified atom stereocenters. The maximum Gasteiger partial charge on any atom is 0.338 e.